The highest BCUT2D eigenvalue weighted by Gasteiger charge is 2.36. The van der Waals surface area contributed by atoms with Crippen LogP contribution >= 0.6 is 0 Å². The third-order valence-electron chi connectivity index (χ3n) is 1.70. The van der Waals surface area contributed by atoms with Crippen LogP contribution in [0.4, 0.5) is 5.95 Å². The highest BCUT2D eigenvalue weighted by atomic mass is 32.2. The molecular weight excluding hydrogens is 178 g/mol. The molecule has 0 unspecified atom stereocenters. The fourth-order valence-corrected chi connectivity index (χ4v) is 2.22. The monoisotopic (exact) mass is 187 g/mol. The van der Waals surface area contributed by atoms with E-state index >= 15 is 0 Å². The fourth-order valence-electron chi connectivity index (χ4n) is 0.918. The summed E-state index contributed by atoms with van der Waals surface area (Å²) in [6.45, 7) is 0. The third-order valence-corrected chi connectivity index (χ3v) is 3.53. The standard InChI is InChI=1S/C6H9N3O2S/c10-12(11,5-1-2-5)9-6-7-3-4-8-6/h3-5H,1-2H2,(H2,7,8,9). The summed E-state index contributed by atoms with van der Waals surface area (Å²) in [6, 6.07) is 0. The predicted molar refractivity (Wildman–Crippen MR) is 44.2 cm³/mol. The molecule has 2 rings (SSSR count). The Morgan fingerprint density at radius 3 is 2.83 bits per heavy atom. The van der Waals surface area contributed by atoms with Crippen LogP contribution in [0.5, 0.6) is 0 Å². The molecule has 0 radical (unpaired) electrons. The minimum Gasteiger partial charge on any atom is -0.330 e. The highest BCUT2D eigenvalue weighted by molar-refractivity contribution is 7.93. The zero-order chi connectivity index (χ0) is 8.60. The maximum Gasteiger partial charge on any atom is 0.237 e. The second-order valence-electron chi connectivity index (χ2n) is 2.78. The van der Waals surface area contributed by atoms with E-state index in [1.807, 2.05) is 0 Å². The van der Waals surface area contributed by atoms with Crippen molar-refractivity contribution in [3.8, 4) is 0 Å². The summed E-state index contributed by atoms with van der Waals surface area (Å²) in [5.74, 6) is 0.293. The van der Waals surface area contributed by atoms with Crippen LogP contribution in [-0.2, 0) is 10.0 Å². The number of sulfonamides is 1. The highest BCUT2D eigenvalue weighted by Crippen LogP contribution is 2.28. The molecule has 0 aromatic carbocycles. The Balaban J connectivity index is 2.12. The van der Waals surface area contributed by atoms with Gasteiger partial charge in [-0.3, -0.25) is 4.72 Å². The average Bonchev–Trinajstić information content (AvgIpc) is 2.74. The van der Waals surface area contributed by atoms with Crippen LogP contribution in [0, 0.1) is 0 Å². The maximum absolute atomic E-state index is 11.3. The molecule has 1 aliphatic rings. The van der Waals surface area contributed by atoms with Gasteiger partial charge in [0.25, 0.3) is 0 Å². The molecule has 6 heteroatoms. The van der Waals surface area contributed by atoms with Crippen molar-refractivity contribution in [2.75, 3.05) is 4.72 Å². The molecule has 1 heterocycles. The fraction of sp³-hybridized carbons (Fsp3) is 0.500. The molecule has 0 spiro atoms. The largest absolute Gasteiger partial charge is 0.330 e. The molecule has 66 valence electrons. The number of anilines is 1. The summed E-state index contributed by atoms with van der Waals surface area (Å²) in [5.41, 5.74) is 0. The van der Waals surface area contributed by atoms with Gasteiger partial charge in [0, 0.05) is 12.4 Å². The van der Waals surface area contributed by atoms with Gasteiger partial charge >= 0.3 is 0 Å². The number of H-pyrrole nitrogens is 1. The van der Waals surface area contributed by atoms with E-state index in [4.69, 9.17) is 0 Å². The van der Waals surface area contributed by atoms with Gasteiger partial charge < -0.3 is 4.98 Å². The van der Waals surface area contributed by atoms with Crippen LogP contribution in [0.2, 0.25) is 0 Å². The Labute approximate surface area is 70.3 Å². The Bertz CT molecular complexity index is 352. The number of rotatable bonds is 3. The van der Waals surface area contributed by atoms with E-state index in [1.54, 1.807) is 6.20 Å². The summed E-state index contributed by atoms with van der Waals surface area (Å²) in [7, 11) is -3.15. The molecule has 1 aromatic rings. The Hall–Kier alpha value is -1.04. The zero-order valence-corrected chi connectivity index (χ0v) is 7.13. The second-order valence-corrected chi connectivity index (χ2v) is 4.75. The lowest BCUT2D eigenvalue weighted by molar-refractivity contribution is 0.599. The number of aromatic nitrogens is 2. The Kier molecular flexibility index (Phi) is 1.57. The molecule has 1 fully saturated rings. The van der Waals surface area contributed by atoms with E-state index in [1.165, 1.54) is 6.20 Å². The van der Waals surface area contributed by atoms with Crippen LogP contribution in [0.1, 0.15) is 12.8 Å². The van der Waals surface area contributed by atoms with Gasteiger partial charge in [0.05, 0.1) is 5.25 Å². The lowest BCUT2D eigenvalue weighted by Crippen LogP contribution is -2.18. The van der Waals surface area contributed by atoms with Crippen molar-refractivity contribution in [3.63, 3.8) is 0 Å². The van der Waals surface area contributed by atoms with Crippen molar-refractivity contribution in [1.29, 1.82) is 0 Å². The van der Waals surface area contributed by atoms with Gasteiger partial charge in [-0.2, -0.15) is 0 Å². The van der Waals surface area contributed by atoms with Crippen molar-refractivity contribution in [2.45, 2.75) is 18.1 Å². The van der Waals surface area contributed by atoms with Gasteiger partial charge in [-0.1, -0.05) is 0 Å². The van der Waals surface area contributed by atoms with E-state index < -0.39 is 10.0 Å². The number of hydrogen-bond donors (Lipinski definition) is 2. The first kappa shape index (κ1) is 7.60. The number of nitrogens with zero attached hydrogens (tertiary/aromatic N) is 1. The van der Waals surface area contributed by atoms with Gasteiger partial charge in [-0.15, -0.1) is 0 Å². The summed E-state index contributed by atoms with van der Waals surface area (Å²) >= 11 is 0. The first-order valence-electron chi connectivity index (χ1n) is 3.69. The number of hydrogen-bond acceptors (Lipinski definition) is 3. The van der Waals surface area contributed by atoms with Crippen LogP contribution < -0.4 is 4.72 Å². The van der Waals surface area contributed by atoms with Crippen LogP contribution in [0.15, 0.2) is 12.4 Å². The van der Waals surface area contributed by atoms with E-state index in [0.717, 1.165) is 12.8 Å². The van der Waals surface area contributed by atoms with Crippen molar-refractivity contribution >= 4 is 16.0 Å². The lowest BCUT2D eigenvalue weighted by Gasteiger charge is -2.01. The molecule has 0 atom stereocenters. The van der Waals surface area contributed by atoms with Gasteiger partial charge in [0.2, 0.25) is 16.0 Å². The first-order chi connectivity index (χ1) is 5.68. The molecule has 2 N–H and O–H groups in total. The molecular formula is C6H9N3O2S. The number of nitrogens with one attached hydrogen (secondary N) is 2. The minimum atomic E-state index is -3.15. The summed E-state index contributed by atoms with van der Waals surface area (Å²) in [4.78, 5) is 6.44. The van der Waals surface area contributed by atoms with E-state index in [9.17, 15) is 8.42 Å². The molecule has 12 heavy (non-hydrogen) atoms. The number of imidazole rings is 1. The van der Waals surface area contributed by atoms with Gasteiger partial charge in [0.1, 0.15) is 0 Å². The van der Waals surface area contributed by atoms with E-state index in [-0.39, 0.29) is 5.25 Å². The zero-order valence-electron chi connectivity index (χ0n) is 6.32. The SMILES string of the molecule is O=S(=O)(Nc1ncc[nH]1)C1CC1. The lowest BCUT2D eigenvalue weighted by atomic mass is 11.0. The van der Waals surface area contributed by atoms with Crippen molar-refractivity contribution < 1.29 is 8.42 Å². The molecule has 1 saturated carbocycles. The average molecular weight is 187 g/mol. The van der Waals surface area contributed by atoms with Crippen LogP contribution in [0.25, 0.3) is 0 Å². The van der Waals surface area contributed by atoms with E-state index in [0.29, 0.717) is 5.95 Å². The smallest absolute Gasteiger partial charge is 0.237 e. The normalized spacial score (nSPS) is 17.7. The van der Waals surface area contributed by atoms with Gasteiger partial charge in [-0.25, -0.2) is 13.4 Å². The molecule has 5 nitrogen and oxygen atoms in total. The summed E-state index contributed by atoms with van der Waals surface area (Å²) < 4.78 is 24.9. The molecule has 1 aliphatic carbocycles. The molecule has 0 bridgehead atoms. The summed E-state index contributed by atoms with van der Waals surface area (Å²) in [5, 5.41) is -0.206. The van der Waals surface area contributed by atoms with Gasteiger partial charge in [0.15, 0.2) is 0 Å². The van der Waals surface area contributed by atoms with Gasteiger partial charge in [-0.05, 0) is 12.8 Å². The molecule has 1 aromatic heterocycles. The van der Waals surface area contributed by atoms with Crippen molar-refractivity contribution in [1.82, 2.24) is 9.97 Å². The van der Waals surface area contributed by atoms with Crippen LogP contribution in [-0.4, -0.2) is 23.6 Å². The Morgan fingerprint density at radius 2 is 2.33 bits per heavy atom. The first-order valence-corrected chi connectivity index (χ1v) is 5.24. The molecule has 0 amide bonds. The van der Waals surface area contributed by atoms with Crippen LogP contribution in [0.3, 0.4) is 0 Å². The Morgan fingerprint density at radius 1 is 1.58 bits per heavy atom. The van der Waals surface area contributed by atoms with Crippen molar-refractivity contribution in [3.05, 3.63) is 12.4 Å². The third kappa shape index (κ3) is 1.42. The van der Waals surface area contributed by atoms with E-state index in [2.05, 4.69) is 14.7 Å². The van der Waals surface area contributed by atoms with Crippen molar-refractivity contribution in [2.24, 2.45) is 0 Å². The number of aromatic amines is 1. The predicted octanol–water partition coefficient (Wildman–Crippen LogP) is 0.314. The molecule has 0 aliphatic heterocycles. The maximum atomic E-state index is 11.3. The quantitative estimate of drug-likeness (QED) is 0.715. The summed E-state index contributed by atoms with van der Waals surface area (Å²) in [6.07, 6.45) is 4.60. The minimum absolute atomic E-state index is 0.206. The topological polar surface area (TPSA) is 74.8 Å². The second kappa shape index (κ2) is 2.48. The molecule has 0 saturated heterocycles.